The summed E-state index contributed by atoms with van der Waals surface area (Å²) in [6, 6.07) is 0. The third kappa shape index (κ3) is 2.59. The highest BCUT2D eigenvalue weighted by molar-refractivity contribution is 8.00. The minimum atomic E-state index is 0.750. The molecule has 76 valence electrons. The van der Waals surface area contributed by atoms with Gasteiger partial charge in [-0.05, 0) is 13.0 Å². The summed E-state index contributed by atoms with van der Waals surface area (Å²) in [5, 5.41) is 6.35. The van der Waals surface area contributed by atoms with Crippen LogP contribution in [0.1, 0.15) is 6.42 Å². The van der Waals surface area contributed by atoms with E-state index in [4.69, 9.17) is 4.74 Å². The van der Waals surface area contributed by atoms with Gasteiger partial charge in [0.25, 0.3) is 0 Å². The van der Waals surface area contributed by atoms with Gasteiger partial charge in [0, 0.05) is 36.6 Å². The molecule has 0 amide bonds. The molecule has 0 radical (unpaired) electrons. The first-order valence-corrected chi connectivity index (χ1v) is 6.14. The molecule has 3 fully saturated rings. The molecule has 0 atom stereocenters. The summed E-state index contributed by atoms with van der Waals surface area (Å²) in [6.45, 7) is 5.40. The average Bonchev–Trinajstić information content (AvgIpc) is 2.03. The van der Waals surface area contributed by atoms with Gasteiger partial charge in [-0.15, -0.1) is 0 Å². The summed E-state index contributed by atoms with van der Waals surface area (Å²) in [5.74, 6) is 2.83. The Morgan fingerprint density at radius 3 is 2.08 bits per heavy atom. The lowest BCUT2D eigenvalue weighted by Gasteiger charge is -2.49. The summed E-state index contributed by atoms with van der Waals surface area (Å²) in [7, 11) is 0. The third-order valence-electron chi connectivity index (χ3n) is 2.66. The van der Waals surface area contributed by atoms with E-state index in [9.17, 15) is 0 Å². The fourth-order valence-corrected chi connectivity index (χ4v) is 2.78. The van der Waals surface area contributed by atoms with Crippen LogP contribution in [0, 0.1) is 5.41 Å². The average molecular weight is 202 g/mol. The first-order valence-electron chi connectivity index (χ1n) is 4.98. The van der Waals surface area contributed by atoms with Gasteiger partial charge in [-0.2, -0.15) is 11.8 Å². The molecule has 3 rings (SSSR count). The van der Waals surface area contributed by atoms with E-state index in [1.54, 1.807) is 0 Å². The van der Waals surface area contributed by atoms with Crippen molar-refractivity contribution in [3.05, 3.63) is 0 Å². The zero-order valence-corrected chi connectivity index (χ0v) is 8.79. The number of hydrogen-bond acceptors (Lipinski definition) is 4. The van der Waals surface area contributed by atoms with Crippen molar-refractivity contribution in [1.82, 2.24) is 10.6 Å². The smallest absolute Gasteiger partial charge is 0.0965 e. The van der Waals surface area contributed by atoms with Crippen LogP contribution in [0.5, 0.6) is 0 Å². The highest BCUT2D eigenvalue weighted by Gasteiger charge is 2.42. The van der Waals surface area contributed by atoms with Crippen molar-refractivity contribution in [1.29, 1.82) is 0 Å². The molecule has 3 saturated heterocycles. The molecule has 3 aliphatic heterocycles. The number of thioether (sulfide) groups is 1. The van der Waals surface area contributed by atoms with E-state index in [1.165, 1.54) is 31.0 Å². The van der Waals surface area contributed by atoms with Crippen LogP contribution in [0.3, 0.4) is 0 Å². The van der Waals surface area contributed by atoms with Crippen LogP contribution in [0.2, 0.25) is 0 Å². The second-order valence-electron chi connectivity index (χ2n) is 4.00. The van der Waals surface area contributed by atoms with Crippen molar-refractivity contribution in [2.24, 2.45) is 5.41 Å². The zero-order valence-electron chi connectivity index (χ0n) is 7.97. The largest absolute Gasteiger partial charge is 0.366 e. The van der Waals surface area contributed by atoms with Crippen LogP contribution in [0.4, 0.5) is 0 Å². The third-order valence-corrected chi connectivity index (χ3v) is 4.30. The van der Waals surface area contributed by atoms with Crippen molar-refractivity contribution in [2.45, 2.75) is 6.42 Å². The molecule has 4 heteroatoms. The van der Waals surface area contributed by atoms with Crippen molar-refractivity contribution < 1.29 is 4.74 Å². The molecule has 0 unspecified atom stereocenters. The molecular formula is C9H18N2OS. The fraction of sp³-hybridized carbons (Fsp3) is 1.00. The van der Waals surface area contributed by atoms with E-state index in [-0.39, 0.29) is 0 Å². The maximum Gasteiger partial charge on any atom is 0.0965 e. The van der Waals surface area contributed by atoms with E-state index in [2.05, 4.69) is 22.4 Å². The highest BCUT2D eigenvalue weighted by Crippen LogP contribution is 2.40. The Hall–Kier alpha value is 0.230. The molecule has 3 heterocycles. The molecule has 1 spiro atoms. The summed E-state index contributed by atoms with van der Waals surface area (Å²) in [4.78, 5) is 0. The zero-order chi connectivity index (χ0) is 8.99. The standard InChI is InChI=1S/C5H9NS.C4H9NO/c1-5(2-6-1)3-7-4-5;1-2-5-4-6-3-1/h6H,1-4H2;5H,1-4H2. The van der Waals surface area contributed by atoms with E-state index < -0.39 is 0 Å². The fourth-order valence-electron chi connectivity index (χ4n) is 1.59. The maximum absolute atomic E-state index is 4.96. The molecular weight excluding hydrogens is 184 g/mol. The van der Waals surface area contributed by atoms with Crippen molar-refractivity contribution in [2.75, 3.05) is 44.5 Å². The number of rotatable bonds is 0. The second kappa shape index (κ2) is 4.64. The Kier molecular flexibility index (Phi) is 3.49. The first kappa shape index (κ1) is 9.77. The van der Waals surface area contributed by atoms with Gasteiger partial charge in [-0.1, -0.05) is 0 Å². The van der Waals surface area contributed by atoms with Gasteiger partial charge in [-0.25, -0.2) is 0 Å². The Balaban J connectivity index is 0.000000102. The second-order valence-corrected chi connectivity index (χ2v) is 4.99. The van der Waals surface area contributed by atoms with E-state index in [0.29, 0.717) is 0 Å². The molecule has 0 aliphatic carbocycles. The van der Waals surface area contributed by atoms with Crippen molar-refractivity contribution >= 4 is 11.8 Å². The van der Waals surface area contributed by atoms with Gasteiger partial charge in [0.15, 0.2) is 0 Å². The minimum Gasteiger partial charge on any atom is -0.366 e. The van der Waals surface area contributed by atoms with Gasteiger partial charge >= 0.3 is 0 Å². The Bertz CT molecular complexity index is 127. The Morgan fingerprint density at radius 1 is 1.15 bits per heavy atom. The van der Waals surface area contributed by atoms with Crippen molar-refractivity contribution in [3.63, 3.8) is 0 Å². The predicted octanol–water partition coefficient (Wildman–Crippen LogP) is 0.277. The molecule has 0 aromatic heterocycles. The van der Waals surface area contributed by atoms with Crippen molar-refractivity contribution in [3.8, 4) is 0 Å². The molecule has 0 aromatic carbocycles. The molecule has 13 heavy (non-hydrogen) atoms. The lowest BCUT2D eigenvalue weighted by Crippen LogP contribution is -2.60. The van der Waals surface area contributed by atoms with Gasteiger partial charge < -0.3 is 10.1 Å². The molecule has 3 nitrogen and oxygen atoms in total. The quantitative estimate of drug-likeness (QED) is 0.591. The number of nitrogens with one attached hydrogen (secondary N) is 2. The number of hydrogen-bond donors (Lipinski definition) is 2. The molecule has 3 aliphatic rings. The topological polar surface area (TPSA) is 33.3 Å². The van der Waals surface area contributed by atoms with Crippen LogP contribution in [0.15, 0.2) is 0 Å². The van der Waals surface area contributed by atoms with Gasteiger partial charge in [-0.3, -0.25) is 5.32 Å². The maximum atomic E-state index is 4.96. The summed E-state index contributed by atoms with van der Waals surface area (Å²) >= 11 is 2.08. The van der Waals surface area contributed by atoms with Gasteiger partial charge in [0.05, 0.1) is 6.73 Å². The van der Waals surface area contributed by atoms with Crippen LogP contribution < -0.4 is 10.6 Å². The Labute approximate surface area is 84.0 Å². The van der Waals surface area contributed by atoms with E-state index in [1.807, 2.05) is 0 Å². The SMILES string of the molecule is C1CNCOC1.C1NCC12CSC2. The van der Waals surface area contributed by atoms with Gasteiger partial charge in [0.2, 0.25) is 0 Å². The van der Waals surface area contributed by atoms with Crippen LogP contribution in [0.25, 0.3) is 0 Å². The first-order chi connectivity index (χ1) is 6.41. The molecule has 0 aromatic rings. The van der Waals surface area contributed by atoms with E-state index in [0.717, 1.165) is 25.3 Å². The van der Waals surface area contributed by atoms with Gasteiger partial charge in [0.1, 0.15) is 0 Å². The Morgan fingerprint density at radius 2 is 2.00 bits per heavy atom. The number of ether oxygens (including phenoxy) is 1. The van der Waals surface area contributed by atoms with Crippen LogP contribution >= 0.6 is 11.8 Å². The van der Waals surface area contributed by atoms with Crippen LogP contribution in [-0.2, 0) is 4.74 Å². The monoisotopic (exact) mass is 202 g/mol. The predicted molar refractivity (Wildman–Crippen MR) is 56.1 cm³/mol. The molecule has 2 N–H and O–H groups in total. The highest BCUT2D eigenvalue weighted by atomic mass is 32.2. The van der Waals surface area contributed by atoms with Crippen LogP contribution in [-0.4, -0.2) is 44.5 Å². The summed E-state index contributed by atoms with van der Waals surface area (Å²) in [6.07, 6.45) is 1.17. The lowest BCUT2D eigenvalue weighted by molar-refractivity contribution is 0.0848. The minimum absolute atomic E-state index is 0.750. The molecule has 0 bridgehead atoms. The molecule has 0 saturated carbocycles. The summed E-state index contributed by atoms with van der Waals surface area (Å²) in [5.41, 5.74) is 0.796. The normalized spacial score (nSPS) is 29.5. The lowest BCUT2D eigenvalue weighted by atomic mass is 9.85. The summed E-state index contributed by atoms with van der Waals surface area (Å²) < 4.78 is 4.96. The van der Waals surface area contributed by atoms with E-state index >= 15 is 0 Å².